The quantitative estimate of drug-likeness (QED) is 0.561. The maximum Gasteiger partial charge on any atom is 0.141 e. The van der Waals surface area contributed by atoms with Crippen molar-refractivity contribution in [2.75, 3.05) is 0 Å². The summed E-state index contributed by atoms with van der Waals surface area (Å²) in [6.45, 7) is 1.94. The maximum absolute atomic E-state index is 7.16. The van der Waals surface area contributed by atoms with Gasteiger partial charge in [-0.1, -0.05) is 12.2 Å². The first-order valence-electron chi connectivity index (χ1n) is 3.67. The molecule has 1 rings (SSSR count). The third-order valence-electron chi connectivity index (χ3n) is 1.42. The zero-order chi connectivity index (χ0) is 8.97. The van der Waals surface area contributed by atoms with Gasteiger partial charge in [-0.15, -0.1) is 12.4 Å². The van der Waals surface area contributed by atoms with Gasteiger partial charge in [-0.2, -0.15) is 0 Å². The Morgan fingerprint density at radius 3 is 2.85 bits per heavy atom. The van der Waals surface area contributed by atoms with Crippen molar-refractivity contribution in [3.8, 4) is 0 Å². The van der Waals surface area contributed by atoms with E-state index in [9.17, 15) is 0 Å². The van der Waals surface area contributed by atoms with Gasteiger partial charge >= 0.3 is 0 Å². The van der Waals surface area contributed by atoms with Crippen LogP contribution in [0.4, 0.5) is 0 Å². The van der Waals surface area contributed by atoms with Crippen molar-refractivity contribution in [2.24, 2.45) is 5.73 Å². The summed E-state index contributed by atoms with van der Waals surface area (Å²) in [5.74, 6) is 0.00125. The Hall–Kier alpha value is -1.35. The van der Waals surface area contributed by atoms with E-state index in [0.717, 1.165) is 5.56 Å². The molecule has 1 aromatic rings. The Bertz CT molecular complexity index is 320. The molecule has 0 bridgehead atoms. The monoisotopic (exact) mass is 197 g/mol. The number of halogens is 1. The molecular formula is C9H12ClN3. The second-order valence-corrected chi connectivity index (χ2v) is 2.39. The van der Waals surface area contributed by atoms with E-state index < -0.39 is 0 Å². The molecule has 0 atom stereocenters. The van der Waals surface area contributed by atoms with Crippen molar-refractivity contribution in [3.05, 3.63) is 35.7 Å². The first kappa shape index (κ1) is 11.6. The molecule has 3 nitrogen and oxygen atoms in total. The third-order valence-corrected chi connectivity index (χ3v) is 1.42. The van der Waals surface area contributed by atoms with E-state index in [4.69, 9.17) is 11.1 Å². The predicted octanol–water partition coefficient (Wildman–Crippen LogP) is 1.82. The highest BCUT2D eigenvalue weighted by molar-refractivity contribution is 5.93. The molecular weight excluding hydrogens is 186 g/mol. The number of pyridine rings is 1. The summed E-state index contributed by atoms with van der Waals surface area (Å²) < 4.78 is 0. The molecule has 0 aromatic carbocycles. The van der Waals surface area contributed by atoms with Crippen molar-refractivity contribution in [1.82, 2.24) is 4.98 Å². The van der Waals surface area contributed by atoms with Crippen molar-refractivity contribution < 1.29 is 0 Å². The van der Waals surface area contributed by atoms with Gasteiger partial charge in [0.2, 0.25) is 0 Å². The minimum atomic E-state index is 0. The largest absolute Gasteiger partial charge is 0.382 e. The molecule has 13 heavy (non-hydrogen) atoms. The summed E-state index contributed by atoms with van der Waals surface area (Å²) in [5.41, 5.74) is 6.81. The van der Waals surface area contributed by atoms with Gasteiger partial charge in [0.25, 0.3) is 0 Å². The van der Waals surface area contributed by atoms with Crippen molar-refractivity contribution >= 4 is 24.3 Å². The molecule has 70 valence electrons. The summed E-state index contributed by atoms with van der Waals surface area (Å²) >= 11 is 0. The molecule has 3 N–H and O–H groups in total. The fraction of sp³-hybridized carbons (Fsp3) is 0.111. The van der Waals surface area contributed by atoms with E-state index in [1.165, 1.54) is 0 Å². The summed E-state index contributed by atoms with van der Waals surface area (Å²) in [7, 11) is 0. The Morgan fingerprint density at radius 2 is 2.31 bits per heavy atom. The topological polar surface area (TPSA) is 62.8 Å². The van der Waals surface area contributed by atoms with E-state index in [1.807, 2.05) is 25.1 Å². The first-order chi connectivity index (χ1) is 5.74. The highest BCUT2D eigenvalue weighted by Gasteiger charge is 1.96. The van der Waals surface area contributed by atoms with Crippen LogP contribution >= 0.6 is 12.4 Å². The minimum Gasteiger partial charge on any atom is -0.382 e. The highest BCUT2D eigenvalue weighted by Crippen LogP contribution is 2.02. The average molecular weight is 198 g/mol. The van der Waals surface area contributed by atoms with Crippen LogP contribution in [0.5, 0.6) is 0 Å². The highest BCUT2D eigenvalue weighted by atomic mass is 35.5. The lowest BCUT2D eigenvalue weighted by atomic mass is 10.2. The molecule has 0 saturated carbocycles. The number of hydrogen-bond acceptors (Lipinski definition) is 2. The Labute approximate surface area is 83.6 Å². The van der Waals surface area contributed by atoms with Crippen LogP contribution < -0.4 is 5.73 Å². The zero-order valence-corrected chi connectivity index (χ0v) is 8.14. The number of nitrogen functional groups attached to an aromatic ring is 1. The van der Waals surface area contributed by atoms with E-state index in [-0.39, 0.29) is 18.2 Å². The van der Waals surface area contributed by atoms with E-state index in [2.05, 4.69) is 4.98 Å². The molecule has 0 aliphatic rings. The third kappa shape index (κ3) is 3.25. The van der Waals surface area contributed by atoms with Gasteiger partial charge in [0.1, 0.15) is 11.5 Å². The van der Waals surface area contributed by atoms with Gasteiger partial charge in [-0.25, -0.2) is 0 Å². The van der Waals surface area contributed by atoms with E-state index in [1.54, 1.807) is 12.3 Å². The molecule has 0 amide bonds. The molecule has 0 radical (unpaired) electrons. The lowest BCUT2D eigenvalue weighted by molar-refractivity contribution is 1.25. The molecule has 1 aromatic heterocycles. The molecule has 4 heteroatoms. The van der Waals surface area contributed by atoms with Gasteiger partial charge in [0, 0.05) is 6.20 Å². The van der Waals surface area contributed by atoms with Crippen LogP contribution in [0.1, 0.15) is 18.2 Å². The fourth-order valence-electron chi connectivity index (χ4n) is 0.890. The summed E-state index contributed by atoms with van der Waals surface area (Å²) in [6, 6.07) is 3.65. The molecule has 0 aliphatic carbocycles. The lowest BCUT2D eigenvalue weighted by Gasteiger charge is -1.97. The first-order valence-corrected chi connectivity index (χ1v) is 3.67. The number of rotatable bonds is 2. The summed E-state index contributed by atoms with van der Waals surface area (Å²) in [5, 5.41) is 7.16. The van der Waals surface area contributed by atoms with Gasteiger partial charge in [-0.3, -0.25) is 10.4 Å². The smallest absolute Gasteiger partial charge is 0.141 e. The number of hydrogen-bond donors (Lipinski definition) is 2. The number of aromatic nitrogens is 1. The zero-order valence-electron chi connectivity index (χ0n) is 7.32. The van der Waals surface area contributed by atoms with E-state index >= 15 is 0 Å². The summed E-state index contributed by atoms with van der Waals surface area (Å²) in [4.78, 5) is 3.94. The Balaban J connectivity index is 0.00000144. The molecule has 0 aliphatic heterocycles. The predicted molar refractivity (Wildman–Crippen MR) is 57.2 cm³/mol. The maximum atomic E-state index is 7.16. The standard InChI is InChI=1S/C9H11N3.ClH/c1-2-3-7-4-5-12-8(6-7)9(10)11;/h2-6H,1H3,(H3,10,11);1H. The van der Waals surface area contributed by atoms with Crippen LogP contribution in [-0.4, -0.2) is 10.8 Å². The van der Waals surface area contributed by atoms with Crippen molar-refractivity contribution in [3.63, 3.8) is 0 Å². The number of allylic oxidation sites excluding steroid dienone is 1. The lowest BCUT2D eigenvalue weighted by Crippen LogP contribution is -2.12. The Kier molecular flexibility index (Phi) is 4.77. The number of nitrogens with one attached hydrogen (secondary N) is 1. The van der Waals surface area contributed by atoms with Gasteiger partial charge < -0.3 is 5.73 Å². The van der Waals surface area contributed by atoms with Gasteiger partial charge in [0.05, 0.1) is 0 Å². The second kappa shape index (κ2) is 5.32. The van der Waals surface area contributed by atoms with Gasteiger partial charge in [0.15, 0.2) is 0 Å². The van der Waals surface area contributed by atoms with E-state index in [0.29, 0.717) is 5.69 Å². The van der Waals surface area contributed by atoms with Crippen LogP contribution in [0.25, 0.3) is 6.08 Å². The summed E-state index contributed by atoms with van der Waals surface area (Å²) in [6.07, 6.45) is 5.51. The SMILES string of the molecule is CC=Cc1ccnc(C(=N)N)c1.Cl. The minimum absolute atomic E-state index is 0. The van der Waals surface area contributed by atoms with Crippen LogP contribution in [0.3, 0.4) is 0 Å². The van der Waals surface area contributed by atoms with Crippen LogP contribution in [-0.2, 0) is 0 Å². The molecule has 0 fully saturated rings. The van der Waals surface area contributed by atoms with Gasteiger partial charge in [-0.05, 0) is 24.6 Å². The normalized spacial score (nSPS) is 9.62. The molecule has 0 unspecified atom stereocenters. The molecule has 0 saturated heterocycles. The van der Waals surface area contributed by atoms with Crippen molar-refractivity contribution in [2.45, 2.75) is 6.92 Å². The number of nitrogens with zero attached hydrogens (tertiary/aromatic N) is 1. The average Bonchev–Trinajstić information content (AvgIpc) is 2.05. The number of nitrogens with two attached hydrogens (primary N) is 1. The van der Waals surface area contributed by atoms with Crippen LogP contribution in [0.15, 0.2) is 24.4 Å². The number of amidine groups is 1. The molecule has 0 spiro atoms. The molecule has 1 heterocycles. The second-order valence-electron chi connectivity index (χ2n) is 2.39. The Morgan fingerprint density at radius 1 is 1.62 bits per heavy atom. The fourth-order valence-corrected chi connectivity index (χ4v) is 0.890. The van der Waals surface area contributed by atoms with Crippen LogP contribution in [0.2, 0.25) is 0 Å². The van der Waals surface area contributed by atoms with Crippen molar-refractivity contribution in [1.29, 1.82) is 5.41 Å². The van der Waals surface area contributed by atoms with Crippen LogP contribution in [0, 0.1) is 5.41 Å².